The van der Waals surface area contributed by atoms with Gasteiger partial charge in [-0.2, -0.15) is 0 Å². The van der Waals surface area contributed by atoms with Crippen LogP contribution < -0.4 is 10.5 Å². The van der Waals surface area contributed by atoms with E-state index in [0.29, 0.717) is 12.4 Å². The van der Waals surface area contributed by atoms with Gasteiger partial charge in [-0.15, -0.1) is 0 Å². The Balaban J connectivity index is 2.05. The molecule has 0 aliphatic rings. The van der Waals surface area contributed by atoms with Crippen LogP contribution in [0.5, 0.6) is 11.5 Å². The summed E-state index contributed by atoms with van der Waals surface area (Å²) in [4.78, 5) is 0. The van der Waals surface area contributed by atoms with Gasteiger partial charge in [-0.05, 0) is 18.6 Å². The van der Waals surface area contributed by atoms with Crippen LogP contribution in [0.3, 0.4) is 0 Å². The molecule has 0 unspecified atom stereocenters. The first-order valence-corrected chi connectivity index (χ1v) is 5.92. The molecule has 2 rings (SSSR count). The van der Waals surface area contributed by atoms with Gasteiger partial charge in [0.2, 0.25) is 0 Å². The highest BCUT2D eigenvalue weighted by Crippen LogP contribution is 2.27. The molecule has 2 aromatic carbocycles. The largest absolute Gasteiger partial charge is 0.507 e. The number of phenolic OH excluding ortho intramolecular Hbond substituents is 1. The summed E-state index contributed by atoms with van der Waals surface area (Å²) in [5, 5.41) is 9.80. The van der Waals surface area contributed by atoms with Crippen LogP contribution >= 0.6 is 0 Å². The van der Waals surface area contributed by atoms with Crippen LogP contribution in [0.2, 0.25) is 0 Å². The average Bonchev–Trinajstić information content (AvgIpc) is 2.37. The third kappa shape index (κ3) is 3.02. The second kappa shape index (κ2) is 5.56. The molecule has 0 aromatic heterocycles. The van der Waals surface area contributed by atoms with E-state index in [0.717, 1.165) is 11.1 Å². The zero-order valence-corrected chi connectivity index (χ0v) is 10.3. The van der Waals surface area contributed by atoms with E-state index in [2.05, 4.69) is 0 Å². The maximum Gasteiger partial charge on any atom is 0.124 e. The van der Waals surface area contributed by atoms with Crippen LogP contribution in [-0.4, -0.2) is 5.11 Å². The lowest BCUT2D eigenvalue weighted by atomic mass is 10.1. The molecule has 1 atom stereocenters. The Labute approximate surface area is 107 Å². The standard InChI is InChI=1S/C15H17NO2/c1-11(16)14-8-7-13(9-15(14)17)18-10-12-5-3-2-4-6-12/h2-9,11,17H,10,16H2,1H3/t11-/m0/s1. The van der Waals surface area contributed by atoms with E-state index in [9.17, 15) is 5.11 Å². The van der Waals surface area contributed by atoms with E-state index in [-0.39, 0.29) is 11.8 Å². The molecular formula is C15H17NO2. The molecule has 3 nitrogen and oxygen atoms in total. The molecule has 94 valence electrons. The van der Waals surface area contributed by atoms with Crippen molar-refractivity contribution in [1.82, 2.24) is 0 Å². The van der Waals surface area contributed by atoms with Crippen molar-refractivity contribution in [3.05, 3.63) is 59.7 Å². The summed E-state index contributed by atoms with van der Waals surface area (Å²) in [7, 11) is 0. The molecule has 0 radical (unpaired) electrons. The summed E-state index contributed by atoms with van der Waals surface area (Å²) >= 11 is 0. The van der Waals surface area contributed by atoms with Crippen LogP contribution in [0, 0.1) is 0 Å². The van der Waals surface area contributed by atoms with E-state index in [1.807, 2.05) is 43.3 Å². The van der Waals surface area contributed by atoms with Gasteiger partial charge in [-0.1, -0.05) is 36.4 Å². The highest BCUT2D eigenvalue weighted by molar-refractivity contribution is 5.41. The Morgan fingerprint density at radius 3 is 2.50 bits per heavy atom. The van der Waals surface area contributed by atoms with E-state index < -0.39 is 0 Å². The Bertz CT molecular complexity index is 509. The lowest BCUT2D eigenvalue weighted by molar-refractivity contribution is 0.304. The molecule has 18 heavy (non-hydrogen) atoms. The van der Waals surface area contributed by atoms with Crippen LogP contribution in [0.1, 0.15) is 24.1 Å². The molecule has 0 saturated heterocycles. The zero-order chi connectivity index (χ0) is 13.0. The molecule has 0 saturated carbocycles. The van der Waals surface area contributed by atoms with Gasteiger partial charge in [-0.25, -0.2) is 0 Å². The van der Waals surface area contributed by atoms with Crippen LogP contribution in [0.15, 0.2) is 48.5 Å². The first kappa shape index (κ1) is 12.5. The molecule has 0 bridgehead atoms. The maximum atomic E-state index is 9.80. The minimum atomic E-state index is -0.187. The molecule has 2 aromatic rings. The number of aromatic hydroxyl groups is 1. The average molecular weight is 243 g/mol. The van der Waals surface area contributed by atoms with Crippen molar-refractivity contribution in [3.8, 4) is 11.5 Å². The predicted octanol–water partition coefficient (Wildman–Crippen LogP) is 2.99. The molecule has 0 aliphatic carbocycles. The van der Waals surface area contributed by atoms with Gasteiger partial charge in [0, 0.05) is 17.7 Å². The van der Waals surface area contributed by atoms with Crippen LogP contribution in [0.25, 0.3) is 0 Å². The molecule has 0 heterocycles. The van der Waals surface area contributed by atoms with Gasteiger partial charge in [0.05, 0.1) is 0 Å². The fourth-order valence-corrected chi connectivity index (χ4v) is 1.74. The Morgan fingerprint density at radius 1 is 1.17 bits per heavy atom. The molecule has 3 heteroatoms. The van der Waals surface area contributed by atoms with Gasteiger partial charge >= 0.3 is 0 Å². The summed E-state index contributed by atoms with van der Waals surface area (Å²) in [6.07, 6.45) is 0. The van der Waals surface area contributed by atoms with E-state index in [4.69, 9.17) is 10.5 Å². The van der Waals surface area contributed by atoms with Crippen molar-refractivity contribution in [2.24, 2.45) is 5.73 Å². The SMILES string of the molecule is C[C@H](N)c1ccc(OCc2ccccc2)cc1O. The summed E-state index contributed by atoms with van der Waals surface area (Å²) in [5.41, 5.74) is 7.54. The Morgan fingerprint density at radius 2 is 1.89 bits per heavy atom. The summed E-state index contributed by atoms with van der Waals surface area (Å²) in [5.74, 6) is 0.816. The highest BCUT2D eigenvalue weighted by Gasteiger charge is 2.07. The third-order valence-electron chi connectivity index (χ3n) is 2.74. The number of benzene rings is 2. The zero-order valence-electron chi connectivity index (χ0n) is 10.3. The predicted molar refractivity (Wildman–Crippen MR) is 71.5 cm³/mol. The lowest BCUT2D eigenvalue weighted by Crippen LogP contribution is -2.05. The van der Waals surface area contributed by atoms with Crippen molar-refractivity contribution < 1.29 is 9.84 Å². The number of nitrogens with two attached hydrogens (primary N) is 1. The Kier molecular flexibility index (Phi) is 3.85. The van der Waals surface area contributed by atoms with Crippen LogP contribution in [-0.2, 0) is 6.61 Å². The molecule has 0 amide bonds. The second-order valence-electron chi connectivity index (χ2n) is 4.28. The first-order chi connectivity index (χ1) is 8.66. The minimum Gasteiger partial charge on any atom is -0.507 e. The van der Waals surface area contributed by atoms with Gasteiger partial charge < -0.3 is 15.6 Å². The number of hydrogen-bond donors (Lipinski definition) is 2. The molecule has 0 aliphatic heterocycles. The fraction of sp³-hybridized carbons (Fsp3) is 0.200. The number of ether oxygens (including phenoxy) is 1. The topological polar surface area (TPSA) is 55.5 Å². The summed E-state index contributed by atoms with van der Waals surface area (Å²) < 4.78 is 5.61. The van der Waals surface area contributed by atoms with E-state index in [1.54, 1.807) is 12.1 Å². The maximum absolute atomic E-state index is 9.80. The van der Waals surface area contributed by atoms with Crippen LogP contribution in [0.4, 0.5) is 0 Å². The lowest BCUT2D eigenvalue weighted by Gasteiger charge is -2.11. The fourth-order valence-electron chi connectivity index (χ4n) is 1.74. The normalized spacial score (nSPS) is 12.1. The second-order valence-corrected chi connectivity index (χ2v) is 4.28. The first-order valence-electron chi connectivity index (χ1n) is 5.92. The molecular weight excluding hydrogens is 226 g/mol. The van der Waals surface area contributed by atoms with Crippen molar-refractivity contribution in [1.29, 1.82) is 0 Å². The van der Waals surface area contributed by atoms with E-state index >= 15 is 0 Å². The minimum absolute atomic E-state index is 0.176. The van der Waals surface area contributed by atoms with E-state index in [1.165, 1.54) is 0 Å². The molecule has 0 fully saturated rings. The van der Waals surface area contributed by atoms with Gasteiger partial charge in [0.1, 0.15) is 18.1 Å². The summed E-state index contributed by atoms with van der Waals surface area (Å²) in [6, 6.07) is 14.9. The Hall–Kier alpha value is -2.00. The third-order valence-corrected chi connectivity index (χ3v) is 2.74. The van der Waals surface area contributed by atoms with Crippen molar-refractivity contribution in [2.45, 2.75) is 19.6 Å². The van der Waals surface area contributed by atoms with Crippen molar-refractivity contribution in [3.63, 3.8) is 0 Å². The quantitative estimate of drug-likeness (QED) is 0.868. The molecule has 3 N–H and O–H groups in total. The van der Waals surface area contributed by atoms with Gasteiger partial charge in [0.15, 0.2) is 0 Å². The molecule has 0 spiro atoms. The number of rotatable bonds is 4. The number of hydrogen-bond acceptors (Lipinski definition) is 3. The highest BCUT2D eigenvalue weighted by atomic mass is 16.5. The van der Waals surface area contributed by atoms with Gasteiger partial charge in [0.25, 0.3) is 0 Å². The monoisotopic (exact) mass is 243 g/mol. The van der Waals surface area contributed by atoms with Crippen molar-refractivity contribution in [2.75, 3.05) is 0 Å². The summed E-state index contributed by atoms with van der Waals surface area (Å²) in [6.45, 7) is 2.32. The van der Waals surface area contributed by atoms with Crippen molar-refractivity contribution >= 4 is 0 Å². The number of phenols is 1. The van der Waals surface area contributed by atoms with Gasteiger partial charge in [-0.3, -0.25) is 0 Å². The smallest absolute Gasteiger partial charge is 0.124 e.